The van der Waals surface area contributed by atoms with Crippen molar-refractivity contribution in [2.24, 2.45) is 0 Å². The van der Waals surface area contributed by atoms with Crippen LogP contribution in [0.5, 0.6) is 0 Å². The molecule has 0 aromatic heterocycles. The number of benzene rings is 1. The lowest BCUT2D eigenvalue weighted by Crippen LogP contribution is -2.51. The highest BCUT2D eigenvalue weighted by molar-refractivity contribution is 7.91. The minimum Gasteiger partial charge on any atom is -0.616 e. The summed E-state index contributed by atoms with van der Waals surface area (Å²) in [7, 11) is 0. The van der Waals surface area contributed by atoms with Crippen molar-refractivity contribution in [2.45, 2.75) is 12.7 Å². The van der Waals surface area contributed by atoms with E-state index in [9.17, 15) is 14.1 Å². The maximum atomic E-state index is 12.2. The number of rotatable bonds is 4. The number of para-hydroxylation sites is 1. The zero-order valence-electron chi connectivity index (χ0n) is 12.7. The third-order valence-corrected chi connectivity index (χ3v) is 4.94. The third kappa shape index (κ3) is 4.38. The van der Waals surface area contributed by atoms with Gasteiger partial charge in [0.25, 0.3) is 5.91 Å². The number of nitrogens with two attached hydrogens (primary N) is 1. The zero-order valence-corrected chi connectivity index (χ0v) is 13.5. The number of carbonyl (C=O) groups is 2. The number of hydrogen-bond donors (Lipinski definition) is 1. The highest BCUT2D eigenvalue weighted by atomic mass is 32.2. The number of anilines is 1. The van der Waals surface area contributed by atoms with Crippen LogP contribution in [0.4, 0.5) is 5.69 Å². The van der Waals surface area contributed by atoms with Crippen molar-refractivity contribution in [3.63, 3.8) is 0 Å². The molecule has 1 heterocycles. The quantitative estimate of drug-likeness (QED) is 0.633. The lowest BCUT2D eigenvalue weighted by Gasteiger charge is -2.34. The SMILES string of the molecule is CC(=O)N1CCN(C(=O)C[S+]([O-])Cc2ccccc2N)CC1. The summed E-state index contributed by atoms with van der Waals surface area (Å²) < 4.78 is 12.1. The van der Waals surface area contributed by atoms with Gasteiger partial charge in [-0.1, -0.05) is 18.2 Å². The smallest absolute Gasteiger partial charge is 0.272 e. The van der Waals surface area contributed by atoms with Gasteiger partial charge in [0.05, 0.1) is 0 Å². The molecule has 0 bridgehead atoms. The standard InChI is InChI=1S/C15H21N3O3S/c1-12(19)17-6-8-18(9-7-17)15(20)11-22(21)10-13-4-2-3-5-14(13)16/h2-5H,6-11,16H2,1H3. The van der Waals surface area contributed by atoms with Gasteiger partial charge in [-0.05, 0) is 17.2 Å². The van der Waals surface area contributed by atoms with Gasteiger partial charge in [0, 0.05) is 44.4 Å². The van der Waals surface area contributed by atoms with E-state index in [1.165, 1.54) is 6.92 Å². The lowest BCUT2D eigenvalue weighted by molar-refractivity contribution is -0.136. The maximum absolute atomic E-state index is 12.2. The Balaban J connectivity index is 1.82. The second-order valence-electron chi connectivity index (χ2n) is 5.31. The molecule has 1 aliphatic rings. The molecule has 0 spiro atoms. The van der Waals surface area contributed by atoms with Crippen molar-refractivity contribution in [2.75, 3.05) is 37.7 Å². The summed E-state index contributed by atoms with van der Waals surface area (Å²) >= 11 is -1.28. The molecule has 1 aromatic rings. The van der Waals surface area contributed by atoms with E-state index in [0.29, 0.717) is 31.9 Å². The van der Waals surface area contributed by atoms with Crippen LogP contribution < -0.4 is 5.73 Å². The average Bonchev–Trinajstić information content (AvgIpc) is 2.49. The number of hydrogen-bond acceptors (Lipinski definition) is 4. The van der Waals surface area contributed by atoms with Crippen molar-refractivity contribution in [3.05, 3.63) is 29.8 Å². The van der Waals surface area contributed by atoms with Gasteiger partial charge in [-0.15, -0.1) is 0 Å². The van der Waals surface area contributed by atoms with E-state index in [4.69, 9.17) is 5.73 Å². The normalized spacial score (nSPS) is 16.5. The molecule has 1 fully saturated rings. The van der Waals surface area contributed by atoms with Gasteiger partial charge >= 0.3 is 0 Å². The van der Waals surface area contributed by atoms with Crippen molar-refractivity contribution >= 4 is 28.7 Å². The van der Waals surface area contributed by atoms with E-state index in [-0.39, 0.29) is 23.3 Å². The highest BCUT2D eigenvalue weighted by Gasteiger charge is 2.25. The molecule has 0 radical (unpaired) electrons. The van der Waals surface area contributed by atoms with E-state index in [2.05, 4.69) is 0 Å². The zero-order chi connectivity index (χ0) is 16.1. The summed E-state index contributed by atoms with van der Waals surface area (Å²) in [6.45, 7) is 3.61. The molecular formula is C15H21N3O3S. The number of piperazine rings is 1. The summed E-state index contributed by atoms with van der Waals surface area (Å²) in [6.07, 6.45) is 0. The van der Waals surface area contributed by atoms with E-state index in [0.717, 1.165) is 5.56 Å². The highest BCUT2D eigenvalue weighted by Crippen LogP contribution is 2.15. The molecule has 1 atom stereocenters. The minimum atomic E-state index is -1.28. The first-order valence-electron chi connectivity index (χ1n) is 7.19. The van der Waals surface area contributed by atoms with E-state index in [1.807, 2.05) is 18.2 Å². The summed E-state index contributed by atoms with van der Waals surface area (Å²) in [4.78, 5) is 26.8. The molecule has 22 heavy (non-hydrogen) atoms. The van der Waals surface area contributed by atoms with Crippen molar-refractivity contribution in [1.82, 2.24) is 9.80 Å². The summed E-state index contributed by atoms with van der Waals surface area (Å²) in [5.41, 5.74) is 7.22. The minimum absolute atomic E-state index is 0.00555. The van der Waals surface area contributed by atoms with E-state index < -0.39 is 11.2 Å². The summed E-state index contributed by atoms with van der Waals surface area (Å²) in [6, 6.07) is 7.24. The average molecular weight is 323 g/mol. The lowest BCUT2D eigenvalue weighted by atomic mass is 10.2. The topological polar surface area (TPSA) is 89.7 Å². The largest absolute Gasteiger partial charge is 0.616 e. The first kappa shape index (κ1) is 16.6. The maximum Gasteiger partial charge on any atom is 0.272 e. The second-order valence-corrected chi connectivity index (χ2v) is 6.77. The van der Waals surface area contributed by atoms with Crippen LogP contribution in [0.1, 0.15) is 12.5 Å². The van der Waals surface area contributed by atoms with Crippen molar-refractivity contribution in [3.8, 4) is 0 Å². The second kappa shape index (κ2) is 7.51. The molecule has 1 aromatic carbocycles. The molecule has 6 nitrogen and oxygen atoms in total. The molecule has 7 heteroatoms. The molecule has 2 rings (SSSR count). The van der Waals surface area contributed by atoms with Gasteiger partial charge in [0.2, 0.25) is 5.91 Å². The van der Waals surface area contributed by atoms with Gasteiger partial charge in [0.15, 0.2) is 5.75 Å². The predicted molar refractivity (Wildman–Crippen MR) is 86.4 cm³/mol. The number of amides is 2. The van der Waals surface area contributed by atoms with Crippen LogP contribution in [0.25, 0.3) is 0 Å². The molecule has 0 saturated carbocycles. The molecular weight excluding hydrogens is 302 g/mol. The van der Waals surface area contributed by atoms with E-state index >= 15 is 0 Å². The van der Waals surface area contributed by atoms with Gasteiger partial charge in [-0.25, -0.2) is 0 Å². The Bertz CT molecular complexity index is 545. The first-order valence-corrected chi connectivity index (χ1v) is 8.68. The Morgan fingerprint density at radius 1 is 1.18 bits per heavy atom. The predicted octanol–water partition coefficient (Wildman–Crippen LogP) is 0.208. The van der Waals surface area contributed by atoms with Crippen LogP contribution >= 0.6 is 0 Å². The van der Waals surface area contributed by atoms with Crippen LogP contribution in [0.3, 0.4) is 0 Å². The third-order valence-electron chi connectivity index (χ3n) is 3.73. The van der Waals surface area contributed by atoms with Gasteiger partial charge in [0.1, 0.15) is 5.75 Å². The first-order chi connectivity index (χ1) is 10.5. The number of nitrogens with zero attached hydrogens (tertiary/aromatic N) is 2. The fourth-order valence-corrected chi connectivity index (χ4v) is 3.56. The van der Waals surface area contributed by atoms with Gasteiger partial charge in [-0.2, -0.15) is 0 Å². The monoisotopic (exact) mass is 323 g/mol. The summed E-state index contributed by atoms with van der Waals surface area (Å²) in [5, 5.41) is 0. The molecule has 1 saturated heterocycles. The van der Waals surface area contributed by atoms with Crippen LogP contribution in [-0.2, 0) is 26.5 Å². The Hall–Kier alpha value is -1.73. The Morgan fingerprint density at radius 3 is 2.36 bits per heavy atom. The number of carbonyl (C=O) groups excluding carboxylic acids is 2. The Kier molecular flexibility index (Phi) is 5.68. The van der Waals surface area contributed by atoms with Gasteiger partial charge in [-0.3, -0.25) is 9.59 Å². The van der Waals surface area contributed by atoms with Crippen molar-refractivity contribution < 1.29 is 14.1 Å². The fourth-order valence-electron chi connectivity index (χ4n) is 2.39. The molecule has 1 unspecified atom stereocenters. The fraction of sp³-hybridized carbons (Fsp3) is 0.467. The molecule has 0 aliphatic carbocycles. The van der Waals surface area contributed by atoms with Gasteiger partial charge < -0.3 is 20.1 Å². The van der Waals surface area contributed by atoms with E-state index in [1.54, 1.807) is 15.9 Å². The molecule has 2 N–H and O–H groups in total. The van der Waals surface area contributed by atoms with Crippen molar-refractivity contribution in [1.29, 1.82) is 0 Å². The molecule has 2 amide bonds. The van der Waals surface area contributed by atoms with Crippen LogP contribution in [-0.4, -0.2) is 58.1 Å². The number of nitrogen functional groups attached to an aromatic ring is 1. The Morgan fingerprint density at radius 2 is 1.77 bits per heavy atom. The molecule has 120 valence electrons. The van der Waals surface area contributed by atoms with Crippen LogP contribution in [0.15, 0.2) is 24.3 Å². The van der Waals surface area contributed by atoms with Crippen LogP contribution in [0, 0.1) is 0 Å². The van der Waals surface area contributed by atoms with Crippen LogP contribution in [0.2, 0.25) is 0 Å². The molecule has 1 aliphatic heterocycles. The summed E-state index contributed by atoms with van der Waals surface area (Å²) in [5.74, 6) is 0.173. The Labute approximate surface area is 133 Å².